The zero-order valence-electron chi connectivity index (χ0n) is 12.6. The van der Waals surface area contributed by atoms with Gasteiger partial charge in [-0.15, -0.1) is 0 Å². The molecule has 0 saturated carbocycles. The number of rotatable bonds is 7. The van der Waals surface area contributed by atoms with Gasteiger partial charge in [0, 0.05) is 38.1 Å². The first-order valence-electron chi connectivity index (χ1n) is 7.37. The van der Waals surface area contributed by atoms with Gasteiger partial charge in [0.2, 0.25) is 0 Å². The molecule has 0 spiro atoms. The molecule has 108 valence electrons. The summed E-state index contributed by atoms with van der Waals surface area (Å²) in [4.78, 5) is 2.35. The van der Waals surface area contributed by atoms with Crippen LogP contribution < -0.4 is 10.2 Å². The van der Waals surface area contributed by atoms with E-state index < -0.39 is 0 Å². The highest BCUT2D eigenvalue weighted by atomic mass is 15.3. The minimum Gasteiger partial charge on any atom is -0.378 e. The fourth-order valence-electron chi connectivity index (χ4n) is 2.25. The highest BCUT2D eigenvalue weighted by Gasteiger charge is 2.02. The van der Waals surface area contributed by atoms with Gasteiger partial charge in [-0.25, -0.2) is 0 Å². The fourth-order valence-corrected chi connectivity index (χ4v) is 2.25. The van der Waals surface area contributed by atoms with Crippen LogP contribution in [0.1, 0.15) is 26.3 Å². The molecule has 2 rings (SSSR count). The Morgan fingerprint density at radius 2 is 1.80 bits per heavy atom. The van der Waals surface area contributed by atoms with Gasteiger partial charge in [0.05, 0.1) is 11.9 Å². The van der Waals surface area contributed by atoms with Crippen molar-refractivity contribution in [1.29, 1.82) is 0 Å². The third kappa shape index (κ3) is 3.53. The molecular weight excluding hydrogens is 248 g/mol. The van der Waals surface area contributed by atoms with Crippen molar-refractivity contribution < 1.29 is 0 Å². The molecule has 1 aromatic carbocycles. The zero-order valence-corrected chi connectivity index (χ0v) is 12.6. The van der Waals surface area contributed by atoms with Crippen molar-refractivity contribution in [2.45, 2.75) is 33.9 Å². The van der Waals surface area contributed by atoms with Crippen LogP contribution in [0, 0.1) is 0 Å². The van der Waals surface area contributed by atoms with Gasteiger partial charge in [-0.1, -0.05) is 12.1 Å². The Bertz CT molecular complexity index is 512. The van der Waals surface area contributed by atoms with Gasteiger partial charge in [-0.05, 0) is 38.5 Å². The van der Waals surface area contributed by atoms with Gasteiger partial charge in [0.15, 0.2) is 0 Å². The number of hydrogen-bond donors (Lipinski definition) is 1. The molecule has 0 bridgehead atoms. The highest BCUT2D eigenvalue weighted by Crippen LogP contribution is 2.16. The van der Waals surface area contributed by atoms with E-state index in [0.717, 1.165) is 31.9 Å². The first kappa shape index (κ1) is 14.4. The lowest BCUT2D eigenvalue weighted by Gasteiger charge is -2.21. The maximum absolute atomic E-state index is 4.25. The van der Waals surface area contributed by atoms with Gasteiger partial charge in [0.25, 0.3) is 0 Å². The van der Waals surface area contributed by atoms with Crippen LogP contribution in [-0.4, -0.2) is 22.9 Å². The normalized spacial score (nSPS) is 10.6. The van der Waals surface area contributed by atoms with Crippen molar-refractivity contribution in [3.8, 4) is 0 Å². The number of aryl methyl sites for hydroxylation is 1. The summed E-state index contributed by atoms with van der Waals surface area (Å²) < 4.78 is 1.92. The first-order valence-corrected chi connectivity index (χ1v) is 7.37. The SMILES string of the molecule is CCN(CC)c1ccc(CNc2cnn(CC)c2)cc1. The molecule has 0 saturated heterocycles. The van der Waals surface area contributed by atoms with Crippen LogP contribution in [0.15, 0.2) is 36.7 Å². The second kappa shape index (κ2) is 6.98. The van der Waals surface area contributed by atoms with Crippen molar-refractivity contribution in [2.24, 2.45) is 0 Å². The largest absolute Gasteiger partial charge is 0.378 e. The van der Waals surface area contributed by atoms with Crippen molar-refractivity contribution in [2.75, 3.05) is 23.3 Å². The molecule has 2 aromatic rings. The van der Waals surface area contributed by atoms with E-state index in [2.05, 4.69) is 60.4 Å². The summed E-state index contributed by atoms with van der Waals surface area (Å²) >= 11 is 0. The minimum absolute atomic E-state index is 0.827. The molecule has 1 N–H and O–H groups in total. The van der Waals surface area contributed by atoms with Gasteiger partial charge in [-0.3, -0.25) is 4.68 Å². The van der Waals surface area contributed by atoms with E-state index in [-0.39, 0.29) is 0 Å². The Morgan fingerprint density at radius 3 is 2.35 bits per heavy atom. The number of anilines is 2. The maximum atomic E-state index is 4.25. The average Bonchev–Trinajstić information content (AvgIpc) is 2.96. The van der Waals surface area contributed by atoms with E-state index in [9.17, 15) is 0 Å². The summed E-state index contributed by atoms with van der Waals surface area (Å²) in [5, 5.41) is 7.65. The highest BCUT2D eigenvalue weighted by molar-refractivity contribution is 5.48. The maximum Gasteiger partial charge on any atom is 0.0729 e. The summed E-state index contributed by atoms with van der Waals surface area (Å²) in [6, 6.07) is 8.76. The Kier molecular flexibility index (Phi) is 5.04. The lowest BCUT2D eigenvalue weighted by atomic mass is 10.2. The van der Waals surface area contributed by atoms with Gasteiger partial charge in [0.1, 0.15) is 0 Å². The smallest absolute Gasteiger partial charge is 0.0729 e. The van der Waals surface area contributed by atoms with Crippen LogP contribution in [0.3, 0.4) is 0 Å². The molecule has 0 unspecified atom stereocenters. The van der Waals surface area contributed by atoms with Crippen molar-refractivity contribution in [3.05, 3.63) is 42.2 Å². The van der Waals surface area contributed by atoms with Crippen LogP contribution in [0.4, 0.5) is 11.4 Å². The lowest BCUT2D eigenvalue weighted by molar-refractivity contribution is 0.660. The van der Waals surface area contributed by atoms with Crippen LogP contribution in [0.25, 0.3) is 0 Å². The molecule has 0 aliphatic rings. The quantitative estimate of drug-likeness (QED) is 0.839. The summed E-state index contributed by atoms with van der Waals surface area (Å²) in [5.74, 6) is 0. The first-order chi connectivity index (χ1) is 9.76. The van der Waals surface area contributed by atoms with E-state index >= 15 is 0 Å². The zero-order chi connectivity index (χ0) is 14.4. The standard InChI is InChI=1S/C16H24N4/c1-4-19(5-2)16-9-7-14(8-10-16)11-17-15-12-18-20(6-3)13-15/h7-10,12-13,17H,4-6,11H2,1-3H3. The predicted octanol–water partition coefficient (Wildman–Crippen LogP) is 3.36. The Morgan fingerprint density at radius 1 is 1.10 bits per heavy atom. The predicted molar refractivity (Wildman–Crippen MR) is 85.2 cm³/mol. The lowest BCUT2D eigenvalue weighted by Crippen LogP contribution is -2.21. The van der Waals surface area contributed by atoms with Gasteiger partial charge < -0.3 is 10.2 Å². The molecule has 0 aliphatic heterocycles. The third-order valence-corrected chi connectivity index (χ3v) is 3.52. The molecule has 0 amide bonds. The molecule has 0 atom stereocenters. The number of hydrogen-bond acceptors (Lipinski definition) is 3. The third-order valence-electron chi connectivity index (χ3n) is 3.52. The van der Waals surface area contributed by atoms with E-state index in [1.54, 1.807) is 0 Å². The molecule has 4 nitrogen and oxygen atoms in total. The van der Waals surface area contributed by atoms with E-state index in [4.69, 9.17) is 0 Å². The van der Waals surface area contributed by atoms with Gasteiger partial charge in [-0.2, -0.15) is 5.10 Å². The summed E-state index contributed by atoms with van der Waals surface area (Å²) in [6.45, 7) is 10.3. The summed E-state index contributed by atoms with van der Waals surface area (Å²) in [6.07, 6.45) is 3.90. The molecule has 0 fully saturated rings. The molecule has 1 aromatic heterocycles. The Hall–Kier alpha value is -1.97. The van der Waals surface area contributed by atoms with Crippen molar-refractivity contribution in [1.82, 2.24) is 9.78 Å². The summed E-state index contributed by atoms with van der Waals surface area (Å²) in [7, 11) is 0. The van der Waals surface area contributed by atoms with Crippen LogP contribution in [0.5, 0.6) is 0 Å². The van der Waals surface area contributed by atoms with Crippen LogP contribution >= 0.6 is 0 Å². The minimum atomic E-state index is 0.827. The Labute approximate surface area is 121 Å². The number of benzene rings is 1. The van der Waals surface area contributed by atoms with Crippen molar-refractivity contribution in [3.63, 3.8) is 0 Å². The van der Waals surface area contributed by atoms with Crippen LogP contribution in [-0.2, 0) is 13.1 Å². The number of nitrogens with zero attached hydrogens (tertiary/aromatic N) is 3. The van der Waals surface area contributed by atoms with Crippen LogP contribution in [0.2, 0.25) is 0 Å². The molecule has 1 heterocycles. The Balaban J connectivity index is 1.93. The van der Waals surface area contributed by atoms with E-state index in [1.165, 1.54) is 11.3 Å². The molecule has 0 radical (unpaired) electrons. The van der Waals surface area contributed by atoms with E-state index in [0.29, 0.717) is 0 Å². The van der Waals surface area contributed by atoms with Crippen molar-refractivity contribution >= 4 is 11.4 Å². The molecule has 4 heteroatoms. The van der Waals surface area contributed by atoms with Gasteiger partial charge >= 0.3 is 0 Å². The topological polar surface area (TPSA) is 33.1 Å². The number of aromatic nitrogens is 2. The second-order valence-corrected chi connectivity index (χ2v) is 4.78. The molecular formula is C16H24N4. The monoisotopic (exact) mass is 272 g/mol. The molecule has 20 heavy (non-hydrogen) atoms. The van der Waals surface area contributed by atoms with E-state index in [1.807, 2.05) is 17.1 Å². The second-order valence-electron chi connectivity index (χ2n) is 4.78. The average molecular weight is 272 g/mol. The fraction of sp³-hybridized carbons (Fsp3) is 0.438. The number of nitrogens with one attached hydrogen (secondary N) is 1. The summed E-state index contributed by atoms with van der Waals surface area (Å²) in [5.41, 5.74) is 3.64. The molecule has 0 aliphatic carbocycles.